The highest BCUT2D eigenvalue weighted by molar-refractivity contribution is 4.79. The summed E-state index contributed by atoms with van der Waals surface area (Å²) in [4.78, 5) is 2.56. The van der Waals surface area contributed by atoms with Crippen LogP contribution in [0.25, 0.3) is 0 Å². The number of piperidine rings is 1. The van der Waals surface area contributed by atoms with E-state index in [1.807, 2.05) is 0 Å². The maximum absolute atomic E-state index is 9.12. The Hall–Kier alpha value is -0.120. The van der Waals surface area contributed by atoms with Crippen LogP contribution in [0.15, 0.2) is 0 Å². The van der Waals surface area contributed by atoms with Crippen LogP contribution < -0.4 is 5.32 Å². The van der Waals surface area contributed by atoms with Crippen molar-refractivity contribution in [1.29, 1.82) is 0 Å². The fourth-order valence-electron chi connectivity index (χ4n) is 2.59. The second-order valence-corrected chi connectivity index (χ2v) is 6.24. The van der Waals surface area contributed by atoms with Crippen LogP contribution >= 0.6 is 0 Å². The van der Waals surface area contributed by atoms with E-state index in [1.54, 1.807) is 0 Å². The van der Waals surface area contributed by atoms with Crippen molar-refractivity contribution in [3.63, 3.8) is 0 Å². The predicted octanol–water partition coefficient (Wildman–Crippen LogP) is 1.72. The van der Waals surface area contributed by atoms with Crippen LogP contribution in [0.3, 0.4) is 0 Å². The smallest absolute Gasteiger partial charge is 0.0460 e. The van der Waals surface area contributed by atoms with Crippen molar-refractivity contribution in [2.24, 2.45) is 11.3 Å². The van der Waals surface area contributed by atoms with Crippen LogP contribution in [0.4, 0.5) is 0 Å². The summed E-state index contributed by atoms with van der Waals surface area (Å²) in [5.41, 5.74) is 0.348. The molecule has 102 valence electrons. The summed E-state index contributed by atoms with van der Waals surface area (Å²) < 4.78 is 0. The van der Waals surface area contributed by atoms with Crippen molar-refractivity contribution in [3.8, 4) is 0 Å². The average Bonchev–Trinajstić information content (AvgIpc) is 2.30. The summed E-state index contributed by atoms with van der Waals surface area (Å²) >= 11 is 0. The molecule has 0 aromatic rings. The molecule has 0 aromatic heterocycles. The number of aliphatic hydroxyl groups is 1. The normalized spacial score (nSPS) is 19.8. The van der Waals surface area contributed by atoms with Crippen molar-refractivity contribution >= 4 is 0 Å². The van der Waals surface area contributed by atoms with Crippen molar-refractivity contribution in [2.45, 2.75) is 40.0 Å². The lowest BCUT2D eigenvalue weighted by molar-refractivity contribution is 0.100. The summed E-state index contributed by atoms with van der Waals surface area (Å²) in [6.45, 7) is 13.0. The molecule has 0 saturated carbocycles. The minimum atomic E-state index is 0.348. The molecule has 1 saturated heterocycles. The highest BCUT2D eigenvalue weighted by Crippen LogP contribution is 2.21. The van der Waals surface area contributed by atoms with Crippen molar-refractivity contribution < 1.29 is 5.11 Å². The maximum atomic E-state index is 9.12. The van der Waals surface area contributed by atoms with Crippen LogP contribution in [0.1, 0.15) is 40.0 Å². The number of aliphatic hydroxyl groups excluding tert-OH is 1. The number of rotatable bonds is 7. The molecule has 3 heteroatoms. The first-order valence-electron chi connectivity index (χ1n) is 7.11. The number of likely N-dealkylation sites (tertiary alicyclic amines) is 1. The highest BCUT2D eigenvalue weighted by Gasteiger charge is 2.25. The first kappa shape index (κ1) is 14.9. The summed E-state index contributed by atoms with van der Waals surface area (Å²) in [5.74, 6) is 0.549. The molecule has 0 amide bonds. The molecule has 0 atom stereocenters. The standard InChI is InChI=1S/C14H30N2O/c1-4-7-15-11-14(2,3)12-16-8-5-13(10-17)6-9-16/h13,15,17H,4-12H2,1-3H3. The Labute approximate surface area is 107 Å². The molecule has 0 aromatic carbocycles. The highest BCUT2D eigenvalue weighted by atomic mass is 16.3. The Balaban J connectivity index is 2.23. The summed E-state index contributed by atoms with van der Waals surface area (Å²) in [6, 6.07) is 0. The van der Waals surface area contributed by atoms with E-state index in [-0.39, 0.29) is 0 Å². The molecule has 0 bridgehead atoms. The summed E-state index contributed by atoms with van der Waals surface area (Å²) in [7, 11) is 0. The number of nitrogens with zero attached hydrogens (tertiary/aromatic N) is 1. The van der Waals surface area contributed by atoms with Crippen molar-refractivity contribution in [3.05, 3.63) is 0 Å². The van der Waals surface area contributed by atoms with E-state index in [2.05, 4.69) is 31.0 Å². The molecule has 17 heavy (non-hydrogen) atoms. The summed E-state index contributed by atoms with van der Waals surface area (Å²) in [5, 5.41) is 12.6. The van der Waals surface area contributed by atoms with Gasteiger partial charge in [-0.15, -0.1) is 0 Å². The van der Waals surface area contributed by atoms with Crippen molar-refractivity contribution in [2.75, 3.05) is 39.3 Å². The lowest BCUT2D eigenvalue weighted by atomic mass is 9.90. The van der Waals surface area contributed by atoms with Crippen LogP contribution in [0.2, 0.25) is 0 Å². The van der Waals surface area contributed by atoms with E-state index in [9.17, 15) is 0 Å². The molecule has 0 unspecified atom stereocenters. The number of nitrogens with one attached hydrogen (secondary N) is 1. The average molecular weight is 242 g/mol. The minimum absolute atomic E-state index is 0.348. The molecular weight excluding hydrogens is 212 g/mol. The second-order valence-electron chi connectivity index (χ2n) is 6.24. The van der Waals surface area contributed by atoms with Crippen LogP contribution in [-0.4, -0.2) is 49.3 Å². The van der Waals surface area contributed by atoms with Gasteiger partial charge in [-0.25, -0.2) is 0 Å². The zero-order chi connectivity index (χ0) is 12.7. The van der Waals surface area contributed by atoms with Gasteiger partial charge in [-0.1, -0.05) is 20.8 Å². The van der Waals surface area contributed by atoms with Gasteiger partial charge in [0.1, 0.15) is 0 Å². The fourth-order valence-corrected chi connectivity index (χ4v) is 2.59. The number of hydrogen-bond donors (Lipinski definition) is 2. The molecule has 1 aliphatic heterocycles. The monoisotopic (exact) mass is 242 g/mol. The van der Waals surface area contributed by atoms with E-state index in [4.69, 9.17) is 5.11 Å². The van der Waals surface area contributed by atoms with E-state index >= 15 is 0 Å². The Morgan fingerprint density at radius 1 is 1.29 bits per heavy atom. The molecule has 1 heterocycles. The van der Waals surface area contributed by atoms with Gasteiger partial charge in [0, 0.05) is 19.7 Å². The Kier molecular flexibility index (Phi) is 6.45. The largest absolute Gasteiger partial charge is 0.396 e. The van der Waals surface area contributed by atoms with Crippen LogP contribution in [0, 0.1) is 11.3 Å². The van der Waals surface area contributed by atoms with Crippen LogP contribution in [-0.2, 0) is 0 Å². The number of hydrogen-bond acceptors (Lipinski definition) is 3. The van der Waals surface area contributed by atoms with Gasteiger partial charge in [0.05, 0.1) is 0 Å². The second kappa shape index (κ2) is 7.34. The third-order valence-electron chi connectivity index (χ3n) is 3.65. The summed E-state index contributed by atoms with van der Waals surface area (Å²) in [6.07, 6.45) is 3.53. The molecule has 1 rings (SSSR count). The first-order chi connectivity index (χ1) is 8.07. The maximum Gasteiger partial charge on any atom is 0.0460 e. The molecule has 0 spiro atoms. The Morgan fingerprint density at radius 3 is 2.47 bits per heavy atom. The van der Waals surface area contributed by atoms with Gasteiger partial charge in [0.25, 0.3) is 0 Å². The lowest BCUT2D eigenvalue weighted by Crippen LogP contribution is -2.44. The predicted molar refractivity (Wildman–Crippen MR) is 73.2 cm³/mol. The minimum Gasteiger partial charge on any atom is -0.396 e. The van der Waals surface area contributed by atoms with E-state index in [1.165, 1.54) is 13.0 Å². The SMILES string of the molecule is CCCNCC(C)(C)CN1CCC(CO)CC1. The van der Waals surface area contributed by atoms with E-state index in [0.717, 1.165) is 39.0 Å². The molecule has 3 nitrogen and oxygen atoms in total. The van der Waals surface area contributed by atoms with E-state index in [0.29, 0.717) is 17.9 Å². The third kappa shape index (κ3) is 5.84. The molecule has 1 aliphatic rings. The van der Waals surface area contributed by atoms with Crippen LogP contribution in [0.5, 0.6) is 0 Å². The molecule has 0 radical (unpaired) electrons. The molecule has 2 N–H and O–H groups in total. The topological polar surface area (TPSA) is 35.5 Å². The Morgan fingerprint density at radius 2 is 1.94 bits per heavy atom. The zero-order valence-electron chi connectivity index (χ0n) is 11.8. The van der Waals surface area contributed by atoms with Gasteiger partial charge in [0.2, 0.25) is 0 Å². The Bertz CT molecular complexity index is 198. The lowest BCUT2D eigenvalue weighted by Gasteiger charge is -2.37. The molecular formula is C14H30N2O. The molecule has 1 fully saturated rings. The van der Waals surface area contributed by atoms with Crippen molar-refractivity contribution in [1.82, 2.24) is 10.2 Å². The first-order valence-corrected chi connectivity index (χ1v) is 7.11. The van der Waals surface area contributed by atoms with Gasteiger partial charge < -0.3 is 15.3 Å². The van der Waals surface area contributed by atoms with Gasteiger partial charge in [-0.05, 0) is 50.2 Å². The zero-order valence-corrected chi connectivity index (χ0v) is 11.8. The fraction of sp³-hybridized carbons (Fsp3) is 1.00. The van der Waals surface area contributed by atoms with E-state index < -0.39 is 0 Å². The quantitative estimate of drug-likeness (QED) is 0.667. The van der Waals surface area contributed by atoms with Gasteiger partial charge in [-0.3, -0.25) is 0 Å². The molecule has 0 aliphatic carbocycles. The van der Waals surface area contributed by atoms with Gasteiger partial charge >= 0.3 is 0 Å². The van der Waals surface area contributed by atoms with Gasteiger partial charge in [0.15, 0.2) is 0 Å². The third-order valence-corrected chi connectivity index (χ3v) is 3.65. The van der Waals surface area contributed by atoms with Gasteiger partial charge in [-0.2, -0.15) is 0 Å².